The fourth-order valence-corrected chi connectivity index (χ4v) is 4.57. The summed E-state index contributed by atoms with van der Waals surface area (Å²) in [6, 6.07) is 7.07. The number of H-pyrrole nitrogens is 1. The van der Waals surface area contributed by atoms with Crippen molar-refractivity contribution in [2.45, 2.75) is 32.5 Å². The van der Waals surface area contributed by atoms with Crippen LogP contribution in [0.2, 0.25) is 5.02 Å². The van der Waals surface area contributed by atoms with Crippen molar-refractivity contribution in [2.24, 2.45) is 0 Å². The normalized spacial score (nSPS) is 16.2. The molecule has 1 aliphatic heterocycles. The van der Waals surface area contributed by atoms with E-state index in [9.17, 15) is 17.6 Å². The molecule has 1 atom stereocenters. The Morgan fingerprint density at radius 1 is 1.03 bits per heavy atom. The van der Waals surface area contributed by atoms with Crippen LogP contribution in [0.4, 0.5) is 27.9 Å². The summed E-state index contributed by atoms with van der Waals surface area (Å²) in [5.74, 6) is -3.86. The Bertz CT molecular complexity index is 1430. The summed E-state index contributed by atoms with van der Waals surface area (Å²) < 4.78 is 70.1. The standard InChI is InChI=1S/C23H17ClF5N5/c1-10-3-5-14(18(26)17(10)25)20-19-13(15-9-12(24)4-6-16(15)32-19)7-8-34(20)22-31-11(2)30-21(33-22)23(27,28)29/h3-6,9,20,32H,7-8H2,1-2H3/t20-/m0/s1. The number of aryl methyl sites for hydroxylation is 2. The van der Waals surface area contributed by atoms with Crippen molar-refractivity contribution in [1.82, 2.24) is 19.9 Å². The second-order valence-corrected chi connectivity index (χ2v) is 8.59. The van der Waals surface area contributed by atoms with E-state index in [-0.39, 0.29) is 29.4 Å². The zero-order chi connectivity index (χ0) is 24.4. The van der Waals surface area contributed by atoms with Crippen LogP contribution < -0.4 is 4.90 Å². The largest absolute Gasteiger partial charge is 0.451 e. The highest BCUT2D eigenvalue weighted by atomic mass is 35.5. The Balaban J connectivity index is 1.76. The predicted octanol–water partition coefficient (Wildman–Crippen LogP) is 6.07. The van der Waals surface area contributed by atoms with Crippen LogP contribution in [0.1, 0.15) is 40.1 Å². The number of benzene rings is 2. The quantitative estimate of drug-likeness (QED) is 0.344. The molecular formula is C23H17ClF5N5. The average Bonchev–Trinajstić information content (AvgIpc) is 3.14. The number of nitrogens with zero attached hydrogens (tertiary/aromatic N) is 4. The molecule has 0 spiro atoms. The van der Waals surface area contributed by atoms with E-state index in [1.54, 1.807) is 18.2 Å². The summed E-state index contributed by atoms with van der Waals surface area (Å²) in [6.45, 7) is 2.91. The molecule has 0 saturated heterocycles. The van der Waals surface area contributed by atoms with Gasteiger partial charge < -0.3 is 9.88 Å². The highest BCUT2D eigenvalue weighted by Crippen LogP contribution is 2.42. The summed E-state index contributed by atoms with van der Waals surface area (Å²) in [4.78, 5) is 15.8. The monoisotopic (exact) mass is 493 g/mol. The molecule has 0 radical (unpaired) electrons. The van der Waals surface area contributed by atoms with Gasteiger partial charge in [-0.15, -0.1) is 0 Å². The van der Waals surface area contributed by atoms with Crippen LogP contribution >= 0.6 is 11.6 Å². The van der Waals surface area contributed by atoms with Crippen molar-refractivity contribution in [1.29, 1.82) is 0 Å². The molecule has 2 aromatic carbocycles. The molecule has 5 rings (SSSR count). The molecular weight excluding hydrogens is 477 g/mol. The minimum absolute atomic E-state index is 0.0478. The van der Waals surface area contributed by atoms with Crippen molar-refractivity contribution >= 4 is 28.5 Å². The zero-order valence-corrected chi connectivity index (χ0v) is 18.7. The molecule has 5 nitrogen and oxygen atoms in total. The summed E-state index contributed by atoms with van der Waals surface area (Å²) in [6.07, 6.45) is -4.40. The number of fused-ring (bicyclic) bond motifs is 3. The number of nitrogens with one attached hydrogen (secondary N) is 1. The maximum Gasteiger partial charge on any atom is 0.451 e. The van der Waals surface area contributed by atoms with Crippen molar-refractivity contribution in [3.8, 4) is 0 Å². The number of hydrogen-bond donors (Lipinski definition) is 1. The molecule has 0 bridgehead atoms. The van der Waals surface area contributed by atoms with Gasteiger partial charge >= 0.3 is 6.18 Å². The van der Waals surface area contributed by atoms with Crippen LogP contribution in [0, 0.1) is 25.5 Å². The molecule has 1 N–H and O–H groups in total. The van der Waals surface area contributed by atoms with Gasteiger partial charge in [-0.2, -0.15) is 23.1 Å². The lowest BCUT2D eigenvalue weighted by Crippen LogP contribution is -2.38. The number of halogens is 6. The number of aromatic nitrogens is 4. The third-order valence-corrected chi connectivity index (χ3v) is 6.17. The van der Waals surface area contributed by atoms with Gasteiger partial charge in [0.25, 0.3) is 0 Å². The van der Waals surface area contributed by atoms with Gasteiger partial charge in [0.1, 0.15) is 11.9 Å². The van der Waals surface area contributed by atoms with Crippen molar-refractivity contribution in [3.63, 3.8) is 0 Å². The number of hydrogen-bond acceptors (Lipinski definition) is 4. The highest BCUT2D eigenvalue weighted by molar-refractivity contribution is 6.31. The molecule has 0 saturated carbocycles. The highest BCUT2D eigenvalue weighted by Gasteiger charge is 2.39. The number of rotatable bonds is 2. The molecule has 0 aliphatic carbocycles. The Morgan fingerprint density at radius 2 is 1.79 bits per heavy atom. The van der Waals surface area contributed by atoms with E-state index in [1.807, 2.05) is 0 Å². The van der Waals surface area contributed by atoms with Crippen LogP contribution in [0.25, 0.3) is 10.9 Å². The Morgan fingerprint density at radius 3 is 2.53 bits per heavy atom. The van der Waals surface area contributed by atoms with Crippen LogP contribution in [-0.4, -0.2) is 26.5 Å². The van der Waals surface area contributed by atoms with Crippen molar-refractivity contribution in [3.05, 3.63) is 81.0 Å². The summed E-state index contributed by atoms with van der Waals surface area (Å²) >= 11 is 6.17. The minimum atomic E-state index is -4.79. The Kier molecular flexibility index (Phi) is 5.23. The molecule has 1 aliphatic rings. The molecule has 34 heavy (non-hydrogen) atoms. The van der Waals surface area contributed by atoms with E-state index < -0.39 is 29.7 Å². The van der Waals surface area contributed by atoms with Crippen molar-refractivity contribution in [2.75, 3.05) is 11.4 Å². The number of aromatic amines is 1. The maximum atomic E-state index is 15.2. The zero-order valence-electron chi connectivity index (χ0n) is 17.9. The summed E-state index contributed by atoms with van der Waals surface area (Å²) in [7, 11) is 0. The van der Waals surface area contributed by atoms with Gasteiger partial charge in [0.2, 0.25) is 11.8 Å². The van der Waals surface area contributed by atoms with Gasteiger partial charge in [-0.3, -0.25) is 0 Å². The molecule has 4 aromatic rings. The minimum Gasteiger partial charge on any atom is -0.356 e. The van der Waals surface area contributed by atoms with E-state index in [0.29, 0.717) is 17.1 Å². The lowest BCUT2D eigenvalue weighted by atomic mass is 9.91. The molecule has 0 unspecified atom stereocenters. The van der Waals surface area contributed by atoms with Crippen LogP contribution in [0.5, 0.6) is 0 Å². The second-order valence-electron chi connectivity index (χ2n) is 8.16. The topological polar surface area (TPSA) is 57.7 Å². The first-order valence-corrected chi connectivity index (χ1v) is 10.7. The van der Waals surface area contributed by atoms with Gasteiger partial charge in [0.15, 0.2) is 11.6 Å². The lowest BCUT2D eigenvalue weighted by molar-refractivity contribution is -0.145. The van der Waals surface area contributed by atoms with Gasteiger partial charge in [-0.25, -0.2) is 13.8 Å². The van der Waals surface area contributed by atoms with Crippen LogP contribution in [-0.2, 0) is 12.6 Å². The fraction of sp³-hybridized carbons (Fsp3) is 0.261. The van der Waals surface area contributed by atoms with Gasteiger partial charge in [-0.05, 0) is 49.6 Å². The third kappa shape index (κ3) is 3.66. The first kappa shape index (κ1) is 22.5. The maximum absolute atomic E-state index is 15.2. The fourth-order valence-electron chi connectivity index (χ4n) is 4.39. The van der Waals surface area contributed by atoms with Crippen LogP contribution in [0.15, 0.2) is 30.3 Å². The lowest BCUT2D eigenvalue weighted by Gasteiger charge is -2.36. The van der Waals surface area contributed by atoms with Gasteiger partial charge in [0, 0.05) is 33.7 Å². The van der Waals surface area contributed by atoms with E-state index in [1.165, 1.54) is 30.9 Å². The van der Waals surface area contributed by atoms with E-state index in [2.05, 4.69) is 19.9 Å². The van der Waals surface area contributed by atoms with Gasteiger partial charge in [0.05, 0.1) is 0 Å². The number of anilines is 1. The molecule has 11 heteroatoms. The van der Waals surface area contributed by atoms with Crippen molar-refractivity contribution < 1.29 is 22.0 Å². The van der Waals surface area contributed by atoms with E-state index in [4.69, 9.17) is 11.6 Å². The molecule has 3 heterocycles. The molecule has 2 aromatic heterocycles. The predicted molar refractivity (Wildman–Crippen MR) is 117 cm³/mol. The number of alkyl halides is 3. The first-order valence-electron chi connectivity index (χ1n) is 10.4. The first-order chi connectivity index (χ1) is 16.0. The summed E-state index contributed by atoms with van der Waals surface area (Å²) in [5.41, 5.74) is 2.12. The average molecular weight is 494 g/mol. The smallest absolute Gasteiger partial charge is 0.356 e. The summed E-state index contributed by atoms with van der Waals surface area (Å²) in [5, 5.41) is 1.31. The third-order valence-electron chi connectivity index (χ3n) is 5.93. The van der Waals surface area contributed by atoms with Crippen LogP contribution in [0.3, 0.4) is 0 Å². The van der Waals surface area contributed by atoms with Gasteiger partial charge in [-0.1, -0.05) is 23.7 Å². The second kappa shape index (κ2) is 7.90. The molecule has 0 fully saturated rings. The van der Waals surface area contributed by atoms with E-state index >= 15 is 4.39 Å². The Hall–Kier alpha value is -3.27. The molecule has 176 valence electrons. The van der Waals surface area contributed by atoms with E-state index in [0.717, 1.165) is 16.5 Å². The SMILES string of the molecule is Cc1nc(N2CCc3c([nH]c4ccc(Cl)cc34)[C@@H]2c2ccc(C)c(F)c2F)nc(C(F)(F)F)n1. The molecule has 0 amide bonds. The Labute approximate surface area is 195 Å².